The fourth-order valence-corrected chi connectivity index (χ4v) is 1.92. The Labute approximate surface area is 124 Å². The Morgan fingerprint density at radius 2 is 1.81 bits per heavy atom. The van der Waals surface area contributed by atoms with Crippen LogP contribution in [-0.4, -0.2) is 33.8 Å². The molecule has 1 atom stereocenters. The van der Waals surface area contributed by atoms with Gasteiger partial charge >= 0.3 is 12.1 Å². The van der Waals surface area contributed by atoms with Gasteiger partial charge < -0.3 is 15.2 Å². The molecule has 21 heavy (non-hydrogen) atoms. The SMILES string of the molecule is Cc1cc(C[C@@H](NC(=O)OC(C)(C)C)C(=O)O)cc(C)n1. The van der Waals surface area contributed by atoms with Crippen molar-refractivity contribution in [1.29, 1.82) is 0 Å². The Kier molecular flexibility index (Phi) is 5.29. The highest BCUT2D eigenvalue weighted by Gasteiger charge is 2.24. The van der Waals surface area contributed by atoms with E-state index in [1.165, 1.54) is 0 Å². The maximum absolute atomic E-state index is 11.7. The predicted molar refractivity (Wildman–Crippen MR) is 78.2 cm³/mol. The molecule has 0 aromatic carbocycles. The number of carboxylic acid groups (broad SMARTS) is 1. The number of carboxylic acids is 1. The molecule has 0 aliphatic heterocycles. The Morgan fingerprint density at radius 3 is 2.24 bits per heavy atom. The van der Waals surface area contributed by atoms with Crippen molar-refractivity contribution >= 4 is 12.1 Å². The van der Waals surface area contributed by atoms with Crippen LogP contribution in [0.25, 0.3) is 0 Å². The Balaban J connectivity index is 2.78. The maximum atomic E-state index is 11.7. The third kappa shape index (κ3) is 6.25. The van der Waals surface area contributed by atoms with Gasteiger partial charge in [-0.05, 0) is 52.3 Å². The van der Waals surface area contributed by atoms with E-state index in [1.807, 2.05) is 13.8 Å². The number of alkyl carbamates (subject to hydrolysis) is 1. The van der Waals surface area contributed by atoms with E-state index in [0.717, 1.165) is 17.0 Å². The van der Waals surface area contributed by atoms with Crippen molar-refractivity contribution in [2.45, 2.75) is 52.7 Å². The Bertz CT molecular complexity index is 515. The molecule has 0 unspecified atom stereocenters. The van der Waals surface area contributed by atoms with Crippen LogP contribution in [0.2, 0.25) is 0 Å². The molecule has 0 saturated carbocycles. The summed E-state index contributed by atoms with van der Waals surface area (Å²) in [6.45, 7) is 8.84. The molecule has 1 aromatic heterocycles. The van der Waals surface area contributed by atoms with E-state index in [-0.39, 0.29) is 6.42 Å². The summed E-state index contributed by atoms with van der Waals surface area (Å²) < 4.78 is 5.08. The van der Waals surface area contributed by atoms with E-state index >= 15 is 0 Å². The number of aliphatic carboxylic acids is 1. The zero-order valence-electron chi connectivity index (χ0n) is 13.1. The second-order valence-electron chi connectivity index (χ2n) is 6.00. The highest BCUT2D eigenvalue weighted by atomic mass is 16.6. The van der Waals surface area contributed by atoms with E-state index in [1.54, 1.807) is 32.9 Å². The van der Waals surface area contributed by atoms with Gasteiger partial charge in [0.05, 0.1) is 0 Å². The molecule has 1 heterocycles. The van der Waals surface area contributed by atoms with Crippen molar-refractivity contribution in [2.24, 2.45) is 0 Å². The first-order valence-electron chi connectivity index (χ1n) is 6.73. The van der Waals surface area contributed by atoms with Crippen LogP contribution in [0.3, 0.4) is 0 Å². The Hall–Kier alpha value is -2.11. The number of carbonyl (C=O) groups is 2. The fraction of sp³-hybridized carbons (Fsp3) is 0.533. The predicted octanol–water partition coefficient (Wildman–Crippen LogP) is 2.22. The fourth-order valence-electron chi connectivity index (χ4n) is 1.92. The van der Waals surface area contributed by atoms with Gasteiger partial charge in [0.15, 0.2) is 0 Å². The summed E-state index contributed by atoms with van der Waals surface area (Å²) in [7, 11) is 0. The molecule has 0 fully saturated rings. The summed E-state index contributed by atoms with van der Waals surface area (Å²) in [6.07, 6.45) is -0.559. The molecule has 1 amide bonds. The molecule has 0 saturated heterocycles. The molecular formula is C15H22N2O4. The quantitative estimate of drug-likeness (QED) is 0.889. The number of amides is 1. The summed E-state index contributed by atoms with van der Waals surface area (Å²) in [5.41, 5.74) is 1.76. The number of aromatic nitrogens is 1. The van der Waals surface area contributed by atoms with Crippen molar-refractivity contribution in [3.63, 3.8) is 0 Å². The van der Waals surface area contributed by atoms with Crippen molar-refractivity contribution in [3.05, 3.63) is 29.1 Å². The number of pyridine rings is 1. The van der Waals surface area contributed by atoms with Gasteiger partial charge in [-0.15, -0.1) is 0 Å². The van der Waals surface area contributed by atoms with E-state index < -0.39 is 23.7 Å². The van der Waals surface area contributed by atoms with Crippen LogP contribution in [0, 0.1) is 13.8 Å². The van der Waals surface area contributed by atoms with Gasteiger partial charge in [-0.3, -0.25) is 4.98 Å². The highest BCUT2D eigenvalue weighted by molar-refractivity contribution is 5.80. The first kappa shape index (κ1) is 16.9. The number of aryl methyl sites for hydroxylation is 2. The van der Waals surface area contributed by atoms with Gasteiger partial charge in [0.2, 0.25) is 0 Å². The lowest BCUT2D eigenvalue weighted by Crippen LogP contribution is -2.44. The molecular weight excluding hydrogens is 272 g/mol. The van der Waals surface area contributed by atoms with Gasteiger partial charge in [0, 0.05) is 17.8 Å². The van der Waals surface area contributed by atoms with Crippen molar-refractivity contribution < 1.29 is 19.4 Å². The van der Waals surface area contributed by atoms with Crippen LogP contribution in [0.15, 0.2) is 12.1 Å². The number of hydrogen-bond acceptors (Lipinski definition) is 4. The molecule has 6 heteroatoms. The summed E-state index contributed by atoms with van der Waals surface area (Å²) >= 11 is 0. The molecule has 2 N–H and O–H groups in total. The van der Waals surface area contributed by atoms with Crippen LogP contribution in [0.4, 0.5) is 4.79 Å². The van der Waals surface area contributed by atoms with Gasteiger partial charge in [-0.1, -0.05) is 0 Å². The van der Waals surface area contributed by atoms with Gasteiger partial charge in [0.1, 0.15) is 11.6 Å². The zero-order chi connectivity index (χ0) is 16.2. The topological polar surface area (TPSA) is 88.5 Å². The van der Waals surface area contributed by atoms with Crippen molar-refractivity contribution in [2.75, 3.05) is 0 Å². The first-order chi connectivity index (χ1) is 9.56. The summed E-state index contributed by atoms with van der Waals surface area (Å²) in [5.74, 6) is -1.10. The maximum Gasteiger partial charge on any atom is 0.408 e. The third-order valence-electron chi connectivity index (χ3n) is 2.57. The molecule has 0 bridgehead atoms. The second kappa shape index (κ2) is 6.56. The Morgan fingerprint density at radius 1 is 1.29 bits per heavy atom. The van der Waals surface area contributed by atoms with Gasteiger partial charge in [-0.2, -0.15) is 0 Å². The minimum absolute atomic E-state index is 0.179. The van der Waals surface area contributed by atoms with Crippen molar-refractivity contribution in [3.8, 4) is 0 Å². The molecule has 6 nitrogen and oxygen atoms in total. The average molecular weight is 294 g/mol. The van der Waals surface area contributed by atoms with Gasteiger partial charge in [-0.25, -0.2) is 9.59 Å². The first-order valence-corrected chi connectivity index (χ1v) is 6.73. The van der Waals surface area contributed by atoms with E-state index in [0.29, 0.717) is 0 Å². The lowest BCUT2D eigenvalue weighted by atomic mass is 10.1. The van der Waals surface area contributed by atoms with Crippen molar-refractivity contribution in [1.82, 2.24) is 10.3 Å². The number of hydrogen-bond donors (Lipinski definition) is 2. The second-order valence-corrected chi connectivity index (χ2v) is 6.00. The highest BCUT2D eigenvalue weighted by Crippen LogP contribution is 2.10. The molecule has 1 aromatic rings. The lowest BCUT2D eigenvalue weighted by molar-refractivity contribution is -0.139. The van der Waals surface area contributed by atoms with Crippen LogP contribution >= 0.6 is 0 Å². The van der Waals surface area contributed by atoms with Gasteiger partial charge in [0.25, 0.3) is 0 Å². The standard InChI is InChI=1S/C15H22N2O4/c1-9-6-11(7-10(2)16-9)8-12(13(18)19)17-14(20)21-15(3,4)5/h6-7,12H,8H2,1-5H3,(H,17,20)(H,18,19)/t12-/m1/s1. The van der Waals surface area contributed by atoms with Crippen LogP contribution in [0.5, 0.6) is 0 Å². The lowest BCUT2D eigenvalue weighted by Gasteiger charge is -2.22. The third-order valence-corrected chi connectivity index (χ3v) is 2.57. The molecule has 116 valence electrons. The molecule has 0 aliphatic carbocycles. The number of ether oxygens (including phenoxy) is 1. The smallest absolute Gasteiger partial charge is 0.408 e. The minimum atomic E-state index is -1.10. The molecule has 0 radical (unpaired) electrons. The summed E-state index contributed by atoms with van der Waals surface area (Å²) in [4.78, 5) is 27.2. The normalized spacial score (nSPS) is 12.6. The van der Waals surface area contributed by atoms with Crippen LogP contribution < -0.4 is 5.32 Å². The van der Waals surface area contributed by atoms with E-state index in [9.17, 15) is 14.7 Å². The molecule has 0 aliphatic rings. The minimum Gasteiger partial charge on any atom is -0.480 e. The molecule has 1 rings (SSSR count). The van der Waals surface area contributed by atoms with Crippen LogP contribution in [0.1, 0.15) is 37.7 Å². The number of rotatable bonds is 4. The average Bonchev–Trinajstić information content (AvgIpc) is 2.23. The summed E-state index contributed by atoms with van der Waals surface area (Å²) in [6, 6.07) is 2.57. The monoisotopic (exact) mass is 294 g/mol. The number of carbonyl (C=O) groups excluding carboxylic acids is 1. The number of nitrogens with one attached hydrogen (secondary N) is 1. The van der Waals surface area contributed by atoms with E-state index in [4.69, 9.17) is 4.74 Å². The zero-order valence-corrected chi connectivity index (χ0v) is 13.1. The van der Waals surface area contributed by atoms with Crippen LogP contribution in [-0.2, 0) is 16.0 Å². The molecule has 0 spiro atoms. The summed E-state index contributed by atoms with van der Waals surface area (Å²) in [5, 5.41) is 11.6. The largest absolute Gasteiger partial charge is 0.480 e. The number of nitrogens with zero attached hydrogens (tertiary/aromatic N) is 1. The van der Waals surface area contributed by atoms with E-state index in [2.05, 4.69) is 10.3 Å².